The van der Waals surface area contributed by atoms with Gasteiger partial charge in [0.2, 0.25) is 5.95 Å². The minimum absolute atomic E-state index is 0.170. The fourth-order valence-electron chi connectivity index (χ4n) is 1.94. The van der Waals surface area contributed by atoms with Crippen molar-refractivity contribution in [3.05, 3.63) is 40.8 Å². The molecule has 21 heavy (non-hydrogen) atoms. The van der Waals surface area contributed by atoms with Crippen molar-refractivity contribution in [1.29, 1.82) is 0 Å². The molecular weight excluding hydrogens is 296 g/mol. The standard InChI is InChI=1S/C13H11F2N5S/c1-6-5-7-11(18-13(20-16)19-12(7)21-6)17-10-8(14)3-2-4-9(10)15/h2-5H,16H2,1H3,(H2,17,18,19,20). The van der Waals surface area contributed by atoms with Gasteiger partial charge in [-0.1, -0.05) is 6.07 Å². The van der Waals surface area contributed by atoms with Gasteiger partial charge in [0.1, 0.15) is 28.0 Å². The number of hydrazine groups is 1. The van der Waals surface area contributed by atoms with Crippen LogP contribution in [0.15, 0.2) is 24.3 Å². The second-order valence-electron chi connectivity index (χ2n) is 4.34. The van der Waals surface area contributed by atoms with Gasteiger partial charge in [0.05, 0.1) is 5.39 Å². The second kappa shape index (κ2) is 5.23. The summed E-state index contributed by atoms with van der Waals surface area (Å²) in [4.78, 5) is 10.0. The number of fused-ring (bicyclic) bond motifs is 1. The molecule has 2 heterocycles. The highest BCUT2D eigenvalue weighted by Crippen LogP contribution is 2.32. The minimum Gasteiger partial charge on any atom is -0.335 e. The van der Waals surface area contributed by atoms with E-state index < -0.39 is 11.6 Å². The number of thiophene rings is 1. The van der Waals surface area contributed by atoms with Crippen molar-refractivity contribution < 1.29 is 8.78 Å². The predicted molar refractivity (Wildman–Crippen MR) is 79.6 cm³/mol. The molecule has 0 fully saturated rings. The molecule has 0 atom stereocenters. The number of nitrogens with two attached hydrogens (primary N) is 1. The number of nitrogens with one attached hydrogen (secondary N) is 2. The van der Waals surface area contributed by atoms with Crippen molar-refractivity contribution in [3.63, 3.8) is 0 Å². The zero-order valence-electron chi connectivity index (χ0n) is 10.9. The average molecular weight is 307 g/mol. The van der Waals surface area contributed by atoms with E-state index in [2.05, 4.69) is 20.7 Å². The molecular formula is C13H11F2N5S. The smallest absolute Gasteiger partial charge is 0.240 e. The number of anilines is 3. The lowest BCUT2D eigenvalue weighted by atomic mass is 10.2. The van der Waals surface area contributed by atoms with Crippen LogP contribution in [0.1, 0.15) is 4.88 Å². The molecule has 5 nitrogen and oxygen atoms in total. The summed E-state index contributed by atoms with van der Waals surface area (Å²) in [5.74, 6) is 4.39. The van der Waals surface area contributed by atoms with Gasteiger partial charge in [-0.2, -0.15) is 4.98 Å². The highest BCUT2D eigenvalue weighted by Gasteiger charge is 2.14. The van der Waals surface area contributed by atoms with Crippen LogP contribution in [0.5, 0.6) is 0 Å². The summed E-state index contributed by atoms with van der Waals surface area (Å²) < 4.78 is 27.5. The van der Waals surface area contributed by atoms with E-state index in [1.54, 1.807) is 0 Å². The number of benzene rings is 1. The van der Waals surface area contributed by atoms with E-state index in [9.17, 15) is 8.78 Å². The van der Waals surface area contributed by atoms with Crippen LogP contribution in [-0.2, 0) is 0 Å². The second-order valence-corrected chi connectivity index (χ2v) is 5.57. The van der Waals surface area contributed by atoms with Crippen LogP contribution in [0, 0.1) is 18.6 Å². The minimum atomic E-state index is -0.698. The van der Waals surface area contributed by atoms with E-state index in [1.165, 1.54) is 29.5 Å². The first kappa shape index (κ1) is 13.7. The van der Waals surface area contributed by atoms with E-state index in [0.717, 1.165) is 4.88 Å². The molecule has 3 rings (SSSR count). The van der Waals surface area contributed by atoms with Crippen LogP contribution in [0.4, 0.5) is 26.2 Å². The predicted octanol–water partition coefficient (Wildman–Crippen LogP) is 3.31. The zero-order chi connectivity index (χ0) is 15.0. The fraction of sp³-hybridized carbons (Fsp3) is 0.0769. The number of nitrogens with zero attached hydrogens (tertiary/aromatic N) is 2. The van der Waals surface area contributed by atoms with Crippen molar-refractivity contribution in [2.75, 3.05) is 10.7 Å². The summed E-state index contributed by atoms with van der Waals surface area (Å²) in [7, 11) is 0. The Morgan fingerprint density at radius 2 is 1.90 bits per heavy atom. The first-order valence-corrected chi connectivity index (χ1v) is 6.86. The van der Waals surface area contributed by atoms with Crippen LogP contribution in [0.3, 0.4) is 0 Å². The van der Waals surface area contributed by atoms with Crippen LogP contribution >= 0.6 is 11.3 Å². The topological polar surface area (TPSA) is 75.9 Å². The summed E-state index contributed by atoms with van der Waals surface area (Å²) in [5, 5.41) is 3.36. The van der Waals surface area contributed by atoms with Gasteiger partial charge in [0.25, 0.3) is 0 Å². The van der Waals surface area contributed by atoms with E-state index in [4.69, 9.17) is 5.84 Å². The Labute approximate surface area is 122 Å². The molecule has 0 saturated heterocycles. The van der Waals surface area contributed by atoms with Gasteiger partial charge in [-0.25, -0.2) is 19.6 Å². The van der Waals surface area contributed by atoms with Crippen LogP contribution < -0.4 is 16.6 Å². The first-order chi connectivity index (χ1) is 10.1. The number of rotatable bonds is 3. The van der Waals surface area contributed by atoms with Crippen molar-refractivity contribution in [1.82, 2.24) is 9.97 Å². The normalized spacial score (nSPS) is 10.9. The largest absolute Gasteiger partial charge is 0.335 e. The maximum absolute atomic E-state index is 13.7. The molecule has 108 valence electrons. The molecule has 0 radical (unpaired) electrons. The van der Waals surface area contributed by atoms with E-state index in [1.807, 2.05) is 13.0 Å². The van der Waals surface area contributed by atoms with Gasteiger partial charge in [0, 0.05) is 4.88 Å². The third-order valence-electron chi connectivity index (χ3n) is 2.85. The number of hydrogen-bond donors (Lipinski definition) is 3. The van der Waals surface area contributed by atoms with Gasteiger partial charge in [-0.3, -0.25) is 5.43 Å². The molecule has 0 aliphatic heterocycles. The number of hydrogen-bond acceptors (Lipinski definition) is 6. The summed E-state index contributed by atoms with van der Waals surface area (Å²) in [5.41, 5.74) is 2.08. The van der Waals surface area contributed by atoms with Gasteiger partial charge < -0.3 is 5.32 Å². The van der Waals surface area contributed by atoms with Crippen LogP contribution in [0.25, 0.3) is 10.2 Å². The molecule has 2 aromatic heterocycles. The fourth-order valence-corrected chi connectivity index (χ4v) is 2.82. The van der Waals surface area contributed by atoms with Gasteiger partial charge >= 0.3 is 0 Å². The Morgan fingerprint density at radius 1 is 1.19 bits per heavy atom. The molecule has 0 bridgehead atoms. The molecule has 0 amide bonds. The number of halogens is 2. The summed E-state index contributed by atoms with van der Waals surface area (Å²) in [6.45, 7) is 1.91. The third kappa shape index (κ3) is 2.50. The Bertz CT molecular complexity index is 797. The molecule has 0 aliphatic rings. The molecule has 1 aromatic carbocycles. The van der Waals surface area contributed by atoms with Crippen molar-refractivity contribution in [3.8, 4) is 0 Å². The number of nitrogen functional groups attached to an aromatic ring is 1. The molecule has 0 saturated carbocycles. The van der Waals surface area contributed by atoms with E-state index in [-0.39, 0.29) is 11.6 Å². The lowest BCUT2D eigenvalue weighted by Gasteiger charge is -2.10. The zero-order valence-corrected chi connectivity index (χ0v) is 11.8. The molecule has 0 unspecified atom stereocenters. The Morgan fingerprint density at radius 3 is 2.57 bits per heavy atom. The van der Waals surface area contributed by atoms with Crippen LogP contribution in [-0.4, -0.2) is 9.97 Å². The van der Waals surface area contributed by atoms with Crippen molar-refractivity contribution in [2.24, 2.45) is 5.84 Å². The maximum atomic E-state index is 13.7. The first-order valence-electron chi connectivity index (χ1n) is 6.04. The summed E-state index contributed by atoms with van der Waals surface area (Å²) >= 11 is 1.44. The maximum Gasteiger partial charge on any atom is 0.240 e. The average Bonchev–Trinajstić information content (AvgIpc) is 2.83. The highest BCUT2D eigenvalue weighted by molar-refractivity contribution is 7.18. The Balaban J connectivity index is 2.15. The monoisotopic (exact) mass is 307 g/mol. The quantitative estimate of drug-likeness (QED) is 0.511. The Hall–Kier alpha value is -2.32. The SMILES string of the molecule is Cc1cc2c(Nc3c(F)cccc3F)nc(NN)nc2s1. The number of aromatic nitrogens is 2. The van der Waals surface area contributed by atoms with Crippen molar-refractivity contribution in [2.45, 2.75) is 6.92 Å². The lowest BCUT2D eigenvalue weighted by Crippen LogP contribution is -2.11. The lowest BCUT2D eigenvalue weighted by molar-refractivity contribution is 0.590. The van der Waals surface area contributed by atoms with Gasteiger partial charge in [-0.05, 0) is 25.1 Å². The van der Waals surface area contributed by atoms with Crippen molar-refractivity contribution >= 4 is 39.0 Å². The highest BCUT2D eigenvalue weighted by atomic mass is 32.1. The van der Waals surface area contributed by atoms with Gasteiger partial charge in [-0.15, -0.1) is 11.3 Å². The number of para-hydroxylation sites is 1. The van der Waals surface area contributed by atoms with E-state index in [0.29, 0.717) is 16.0 Å². The van der Waals surface area contributed by atoms with Gasteiger partial charge in [0.15, 0.2) is 0 Å². The third-order valence-corrected chi connectivity index (χ3v) is 3.80. The molecule has 0 aliphatic carbocycles. The Kier molecular flexibility index (Phi) is 3.40. The summed E-state index contributed by atoms with van der Waals surface area (Å²) in [6, 6.07) is 5.49. The molecule has 0 spiro atoms. The molecule has 8 heteroatoms. The van der Waals surface area contributed by atoms with E-state index >= 15 is 0 Å². The number of aryl methyl sites for hydroxylation is 1. The summed E-state index contributed by atoms with van der Waals surface area (Å²) in [6.07, 6.45) is 0. The van der Waals surface area contributed by atoms with Crippen LogP contribution in [0.2, 0.25) is 0 Å². The molecule has 4 N–H and O–H groups in total. The molecule has 3 aromatic rings.